The smallest absolute Gasteiger partial charge is 0.274 e. The van der Waals surface area contributed by atoms with Gasteiger partial charge in [-0.25, -0.2) is 9.97 Å². The molecule has 0 saturated carbocycles. The molecule has 6 heteroatoms. The van der Waals surface area contributed by atoms with E-state index in [1.165, 1.54) is 6.33 Å². The molecule has 1 amide bonds. The monoisotopic (exact) mass is 320 g/mol. The summed E-state index contributed by atoms with van der Waals surface area (Å²) in [6.45, 7) is 1.87. The zero-order chi connectivity index (χ0) is 16.9. The molecule has 3 N–H and O–H groups in total. The van der Waals surface area contributed by atoms with Gasteiger partial charge in [0.25, 0.3) is 5.91 Å². The lowest BCUT2D eigenvalue weighted by atomic mass is 10.2. The first-order chi connectivity index (χ1) is 11.6. The van der Waals surface area contributed by atoms with Gasteiger partial charge in [0.2, 0.25) is 0 Å². The molecule has 0 aliphatic heterocycles. The number of hydrogen-bond acceptors (Lipinski definition) is 5. The lowest BCUT2D eigenvalue weighted by Crippen LogP contribution is -2.14. The van der Waals surface area contributed by atoms with Crippen LogP contribution >= 0.6 is 0 Å². The number of aromatic hydroxyl groups is 1. The second-order valence-corrected chi connectivity index (χ2v) is 5.23. The molecule has 0 radical (unpaired) electrons. The first-order valence-corrected chi connectivity index (χ1v) is 7.37. The number of carbonyl (C=O) groups excluding carboxylic acids is 1. The van der Waals surface area contributed by atoms with Crippen LogP contribution < -0.4 is 10.6 Å². The zero-order valence-electron chi connectivity index (χ0n) is 13.0. The van der Waals surface area contributed by atoms with Crippen LogP contribution in [0.25, 0.3) is 0 Å². The standard InChI is InChI=1S/C18H16N4O2/c1-12-9-14(23)7-8-15(12)22-17-10-16(19-11-20-17)18(24)21-13-5-3-2-4-6-13/h2-11,23H,1H3,(H,21,24)(H,19,20,22). The molecule has 0 aliphatic carbocycles. The number of amides is 1. The van der Waals surface area contributed by atoms with Gasteiger partial charge in [-0.3, -0.25) is 4.79 Å². The van der Waals surface area contributed by atoms with Crippen molar-refractivity contribution in [3.05, 3.63) is 72.2 Å². The fourth-order valence-electron chi connectivity index (χ4n) is 2.19. The summed E-state index contributed by atoms with van der Waals surface area (Å²) in [6, 6.07) is 15.7. The molecule has 120 valence electrons. The van der Waals surface area contributed by atoms with Crippen molar-refractivity contribution in [3.8, 4) is 5.75 Å². The minimum Gasteiger partial charge on any atom is -0.508 e. The molecule has 0 bridgehead atoms. The van der Waals surface area contributed by atoms with Crippen molar-refractivity contribution in [2.45, 2.75) is 6.92 Å². The van der Waals surface area contributed by atoms with Crippen LogP contribution in [0.4, 0.5) is 17.2 Å². The van der Waals surface area contributed by atoms with Crippen molar-refractivity contribution in [2.75, 3.05) is 10.6 Å². The molecule has 0 fully saturated rings. The molecule has 3 rings (SSSR count). The number of benzene rings is 2. The Morgan fingerprint density at radius 3 is 2.58 bits per heavy atom. The maximum atomic E-state index is 12.3. The number of phenols is 1. The summed E-state index contributed by atoms with van der Waals surface area (Å²) in [6.07, 6.45) is 1.33. The van der Waals surface area contributed by atoms with E-state index >= 15 is 0 Å². The van der Waals surface area contributed by atoms with Crippen LogP contribution in [0.1, 0.15) is 16.1 Å². The van der Waals surface area contributed by atoms with E-state index in [0.29, 0.717) is 11.5 Å². The highest BCUT2D eigenvalue weighted by Crippen LogP contribution is 2.23. The molecular weight excluding hydrogens is 304 g/mol. The average molecular weight is 320 g/mol. The maximum absolute atomic E-state index is 12.3. The molecular formula is C18H16N4O2. The third kappa shape index (κ3) is 3.67. The summed E-state index contributed by atoms with van der Waals surface area (Å²) < 4.78 is 0. The van der Waals surface area contributed by atoms with Gasteiger partial charge < -0.3 is 15.7 Å². The van der Waals surface area contributed by atoms with Gasteiger partial charge >= 0.3 is 0 Å². The Balaban J connectivity index is 1.77. The van der Waals surface area contributed by atoms with Crippen molar-refractivity contribution >= 4 is 23.1 Å². The molecule has 0 unspecified atom stereocenters. The topological polar surface area (TPSA) is 87.1 Å². The van der Waals surface area contributed by atoms with Crippen molar-refractivity contribution in [3.63, 3.8) is 0 Å². The molecule has 3 aromatic rings. The van der Waals surface area contributed by atoms with Crippen LogP contribution in [-0.2, 0) is 0 Å². The molecule has 0 atom stereocenters. The van der Waals surface area contributed by atoms with Crippen molar-refractivity contribution in [2.24, 2.45) is 0 Å². The van der Waals surface area contributed by atoms with Crippen LogP contribution in [-0.4, -0.2) is 21.0 Å². The predicted molar refractivity (Wildman–Crippen MR) is 92.6 cm³/mol. The summed E-state index contributed by atoms with van der Waals surface area (Å²) in [7, 11) is 0. The number of rotatable bonds is 4. The Morgan fingerprint density at radius 2 is 1.83 bits per heavy atom. The second-order valence-electron chi connectivity index (χ2n) is 5.23. The number of anilines is 3. The lowest BCUT2D eigenvalue weighted by Gasteiger charge is -2.10. The van der Waals surface area contributed by atoms with Crippen molar-refractivity contribution in [1.29, 1.82) is 0 Å². The van der Waals surface area contributed by atoms with Gasteiger partial charge in [-0.2, -0.15) is 0 Å². The van der Waals surface area contributed by atoms with Gasteiger partial charge in [-0.15, -0.1) is 0 Å². The quantitative estimate of drug-likeness (QED) is 0.641. The van der Waals surface area contributed by atoms with Crippen LogP contribution in [0.2, 0.25) is 0 Å². The second kappa shape index (κ2) is 6.78. The minimum atomic E-state index is -0.311. The SMILES string of the molecule is Cc1cc(O)ccc1Nc1cc(C(=O)Nc2ccccc2)ncn1. The molecule has 0 saturated heterocycles. The third-order valence-corrected chi connectivity index (χ3v) is 3.40. The summed E-state index contributed by atoms with van der Waals surface area (Å²) >= 11 is 0. The van der Waals surface area contributed by atoms with E-state index < -0.39 is 0 Å². The van der Waals surface area contributed by atoms with Gasteiger partial charge in [0.15, 0.2) is 0 Å². The summed E-state index contributed by atoms with van der Waals surface area (Å²) in [5.74, 6) is 0.384. The van der Waals surface area contributed by atoms with E-state index in [0.717, 1.165) is 11.3 Å². The fraction of sp³-hybridized carbons (Fsp3) is 0.0556. The Kier molecular flexibility index (Phi) is 4.38. The molecule has 0 aliphatic rings. The van der Waals surface area contributed by atoms with Crippen molar-refractivity contribution in [1.82, 2.24) is 9.97 Å². The lowest BCUT2D eigenvalue weighted by molar-refractivity contribution is 0.102. The van der Waals surface area contributed by atoms with E-state index in [9.17, 15) is 9.90 Å². The predicted octanol–water partition coefficient (Wildman–Crippen LogP) is 3.49. The Morgan fingerprint density at radius 1 is 1.04 bits per heavy atom. The molecule has 1 heterocycles. The number of aromatic nitrogens is 2. The summed E-state index contributed by atoms with van der Waals surface area (Å²) in [5.41, 5.74) is 2.61. The van der Waals surface area contributed by atoms with Crippen LogP contribution in [0.5, 0.6) is 5.75 Å². The number of aryl methyl sites for hydroxylation is 1. The van der Waals surface area contributed by atoms with E-state index in [2.05, 4.69) is 20.6 Å². The molecule has 2 aromatic carbocycles. The minimum absolute atomic E-state index is 0.198. The van der Waals surface area contributed by atoms with Gasteiger partial charge in [-0.1, -0.05) is 18.2 Å². The van der Waals surface area contributed by atoms with Crippen LogP contribution in [0.15, 0.2) is 60.9 Å². The zero-order valence-corrected chi connectivity index (χ0v) is 13.0. The number of nitrogens with zero attached hydrogens (tertiary/aromatic N) is 2. The van der Waals surface area contributed by atoms with E-state index in [1.54, 1.807) is 36.4 Å². The largest absolute Gasteiger partial charge is 0.508 e. The number of hydrogen-bond donors (Lipinski definition) is 3. The first kappa shape index (κ1) is 15.5. The molecule has 6 nitrogen and oxygen atoms in total. The van der Waals surface area contributed by atoms with E-state index in [1.807, 2.05) is 25.1 Å². The maximum Gasteiger partial charge on any atom is 0.274 e. The number of phenolic OH excluding ortho intramolecular Hbond substituents is 1. The number of carbonyl (C=O) groups is 1. The van der Waals surface area contributed by atoms with E-state index in [-0.39, 0.29) is 17.4 Å². The molecule has 1 aromatic heterocycles. The fourth-order valence-corrected chi connectivity index (χ4v) is 2.19. The van der Waals surface area contributed by atoms with Gasteiger partial charge in [-0.05, 0) is 42.8 Å². The van der Waals surface area contributed by atoms with Crippen LogP contribution in [0, 0.1) is 6.92 Å². The normalized spacial score (nSPS) is 10.2. The summed E-state index contributed by atoms with van der Waals surface area (Å²) in [5, 5.41) is 15.3. The molecule has 24 heavy (non-hydrogen) atoms. The van der Waals surface area contributed by atoms with Crippen LogP contribution in [0.3, 0.4) is 0 Å². The highest BCUT2D eigenvalue weighted by atomic mass is 16.3. The van der Waals surface area contributed by atoms with E-state index in [4.69, 9.17) is 0 Å². The van der Waals surface area contributed by atoms with Gasteiger partial charge in [0, 0.05) is 17.4 Å². The Hall–Kier alpha value is -3.41. The third-order valence-electron chi connectivity index (χ3n) is 3.40. The Labute approximate surface area is 139 Å². The average Bonchev–Trinajstić information content (AvgIpc) is 2.59. The highest BCUT2D eigenvalue weighted by molar-refractivity contribution is 6.03. The van der Waals surface area contributed by atoms with Crippen molar-refractivity contribution < 1.29 is 9.90 Å². The van der Waals surface area contributed by atoms with Gasteiger partial charge in [0.1, 0.15) is 23.6 Å². The Bertz CT molecular complexity index is 866. The van der Waals surface area contributed by atoms with Gasteiger partial charge in [0.05, 0.1) is 0 Å². The highest BCUT2D eigenvalue weighted by Gasteiger charge is 2.10. The number of para-hydroxylation sites is 1. The molecule has 0 spiro atoms. The first-order valence-electron chi connectivity index (χ1n) is 7.37. The summed E-state index contributed by atoms with van der Waals surface area (Å²) in [4.78, 5) is 20.4. The number of nitrogens with one attached hydrogen (secondary N) is 2.